The molecule has 2 amide bonds. The second kappa shape index (κ2) is 8.71. The summed E-state index contributed by atoms with van der Waals surface area (Å²) in [5.41, 5.74) is 4.72. The average Bonchev–Trinajstić information content (AvgIpc) is 2.72. The number of amides is 2. The van der Waals surface area contributed by atoms with Gasteiger partial charge < -0.3 is 0 Å². The first kappa shape index (κ1) is 20.9. The highest BCUT2D eigenvalue weighted by Gasteiger charge is 2.31. The minimum absolute atomic E-state index is 0.0313. The van der Waals surface area contributed by atoms with E-state index in [1.165, 1.54) is 40.7 Å². The monoisotopic (exact) mass is 419 g/mol. The van der Waals surface area contributed by atoms with Gasteiger partial charge in [0.15, 0.2) is 0 Å². The molecule has 0 unspecified atom stereocenters. The Morgan fingerprint density at radius 2 is 1.66 bits per heavy atom. The molecule has 0 aromatic heterocycles. The zero-order valence-corrected chi connectivity index (χ0v) is 16.7. The fourth-order valence-electron chi connectivity index (χ4n) is 3.22. The van der Waals surface area contributed by atoms with Crippen LogP contribution >= 0.6 is 0 Å². The number of nitrogens with zero attached hydrogens (tertiary/aromatic N) is 1. The summed E-state index contributed by atoms with van der Waals surface area (Å²) in [6.07, 6.45) is 2.59. The zero-order valence-electron chi connectivity index (χ0n) is 15.9. The number of hydrazine groups is 1. The number of halogens is 1. The molecule has 1 aliphatic rings. The molecule has 1 heterocycles. The molecule has 7 nitrogen and oxygen atoms in total. The molecule has 0 bridgehead atoms. The van der Waals surface area contributed by atoms with Crippen molar-refractivity contribution in [3.05, 3.63) is 65.5 Å². The van der Waals surface area contributed by atoms with Crippen LogP contribution in [0.3, 0.4) is 0 Å². The molecule has 1 atom stereocenters. The van der Waals surface area contributed by atoms with Gasteiger partial charge in [-0.3, -0.25) is 20.4 Å². The summed E-state index contributed by atoms with van der Waals surface area (Å²) >= 11 is 0. The van der Waals surface area contributed by atoms with Crippen LogP contribution in [0.15, 0.2) is 53.4 Å². The van der Waals surface area contributed by atoms with Gasteiger partial charge in [-0.15, -0.1) is 0 Å². The van der Waals surface area contributed by atoms with Gasteiger partial charge in [0.05, 0.1) is 4.90 Å². The van der Waals surface area contributed by atoms with Gasteiger partial charge in [-0.2, -0.15) is 4.31 Å². The highest BCUT2D eigenvalue weighted by atomic mass is 32.2. The summed E-state index contributed by atoms with van der Waals surface area (Å²) < 4.78 is 40.3. The minimum atomic E-state index is -3.72. The van der Waals surface area contributed by atoms with E-state index in [9.17, 15) is 22.4 Å². The fraction of sp³-hybridized carbons (Fsp3) is 0.300. The smallest absolute Gasteiger partial charge is 0.267 e. The molecule has 154 valence electrons. The lowest BCUT2D eigenvalue weighted by Gasteiger charge is -2.32. The summed E-state index contributed by atoms with van der Waals surface area (Å²) in [6.45, 7) is 2.33. The van der Waals surface area contributed by atoms with Gasteiger partial charge in [-0.05, 0) is 62.2 Å². The molecule has 9 heteroatoms. The van der Waals surface area contributed by atoms with E-state index in [1.54, 1.807) is 0 Å². The van der Waals surface area contributed by atoms with Crippen molar-refractivity contribution >= 4 is 21.8 Å². The number of carbonyl (C=O) groups excluding carboxylic acids is 2. The van der Waals surface area contributed by atoms with Crippen LogP contribution in [0.4, 0.5) is 4.39 Å². The number of benzene rings is 2. The Morgan fingerprint density at radius 3 is 2.31 bits per heavy atom. The maximum atomic E-state index is 12.9. The topological polar surface area (TPSA) is 95.6 Å². The molecule has 1 saturated heterocycles. The van der Waals surface area contributed by atoms with Gasteiger partial charge in [0.1, 0.15) is 5.82 Å². The lowest BCUT2D eigenvalue weighted by atomic mass is 10.1. The van der Waals surface area contributed by atoms with E-state index in [4.69, 9.17) is 0 Å². The van der Waals surface area contributed by atoms with Crippen LogP contribution in [-0.2, 0) is 10.0 Å². The van der Waals surface area contributed by atoms with Crippen LogP contribution in [0.25, 0.3) is 0 Å². The number of hydrogen-bond donors (Lipinski definition) is 2. The van der Waals surface area contributed by atoms with E-state index < -0.39 is 27.7 Å². The molecule has 29 heavy (non-hydrogen) atoms. The second-order valence-electron chi connectivity index (χ2n) is 6.90. The van der Waals surface area contributed by atoms with Gasteiger partial charge >= 0.3 is 0 Å². The van der Waals surface area contributed by atoms with Crippen LogP contribution in [0.5, 0.6) is 0 Å². The van der Waals surface area contributed by atoms with Crippen LogP contribution in [-0.4, -0.2) is 37.1 Å². The molecule has 1 aliphatic heterocycles. The van der Waals surface area contributed by atoms with Crippen molar-refractivity contribution in [2.75, 3.05) is 6.54 Å². The third-order valence-electron chi connectivity index (χ3n) is 4.84. The van der Waals surface area contributed by atoms with Crippen molar-refractivity contribution in [2.45, 2.75) is 37.1 Å². The molecule has 0 radical (unpaired) electrons. The Kier molecular flexibility index (Phi) is 6.29. The Hall–Kier alpha value is -2.78. The lowest BCUT2D eigenvalue weighted by Crippen LogP contribution is -2.42. The lowest BCUT2D eigenvalue weighted by molar-refractivity contribution is 0.0846. The van der Waals surface area contributed by atoms with Crippen LogP contribution in [0.1, 0.15) is 46.9 Å². The maximum absolute atomic E-state index is 12.9. The Morgan fingerprint density at radius 1 is 1.00 bits per heavy atom. The van der Waals surface area contributed by atoms with E-state index in [2.05, 4.69) is 10.9 Å². The molecular formula is C20H22FN3O4S. The van der Waals surface area contributed by atoms with E-state index >= 15 is 0 Å². The first-order valence-electron chi connectivity index (χ1n) is 9.27. The molecule has 2 aromatic rings. The molecule has 2 N–H and O–H groups in total. The zero-order chi connectivity index (χ0) is 21.0. The van der Waals surface area contributed by atoms with E-state index in [1.807, 2.05) is 6.92 Å². The summed E-state index contributed by atoms with van der Waals surface area (Å²) in [6, 6.07) is 10.4. The van der Waals surface area contributed by atoms with Crippen molar-refractivity contribution < 1.29 is 22.4 Å². The number of rotatable bonds is 4. The Balaban J connectivity index is 1.70. The third kappa shape index (κ3) is 4.80. The number of nitrogens with one attached hydrogen (secondary N) is 2. The van der Waals surface area contributed by atoms with Crippen molar-refractivity contribution in [3.63, 3.8) is 0 Å². The van der Waals surface area contributed by atoms with Gasteiger partial charge in [0.25, 0.3) is 11.8 Å². The van der Waals surface area contributed by atoms with E-state index in [0.29, 0.717) is 6.54 Å². The summed E-state index contributed by atoms with van der Waals surface area (Å²) in [7, 11) is -3.72. The average molecular weight is 419 g/mol. The fourth-order valence-corrected chi connectivity index (χ4v) is 4.97. The number of carbonyl (C=O) groups is 2. The highest BCUT2D eigenvalue weighted by Crippen LogP contribution is 2.25. The maximum Gasteiger partial charge on any atom is 0.269 e. The molecule has 0 aliphatic carbocycles. The predicted octanol–water partition coefficient (Wildman–Crippen LogP) is 2.46. The largest absolute Gasteiger partial charge is 0.269 e. The van der Waals surface area contributed by atoms with Crippen molar-refractivity contribution in [3.8, 4) is 0 Å². The Labute approximate surface area is 168 Å². The standard InChI is InChI=1S/C20H22FN3O4S/c1-14-5-2-3-12-24(14)29(27,28)18-7-4-6-16(13-18)20(26)23-22-19(25)15-8-10-17(21)11-9-15/h4,6-11,13-14H,2-3,5,12H2,1H3,(H,22,25)(H,23,26)/t14-/m1/s1. The first-order valence-corrected chi connectivity index (χ1v) is 10.7. The Bertz CT molecular complexity index is 1010. The molecule has 0 saturated carbocycles. The van der Waals surface area contributed by atoms with Crippen LogP contribution in [0.2, 0.25) is 0 Å². The van der Waals surface area contributed by atoms with Crippen LogP contribution < -0.4 is 10.9 Å². The van der Waals surface area contributed by atoms with Gasteiger partial charge in [0.2, 0.25) is 10.0 Å². The molecule has 3 rings (SSSR count). The van der Waals surface area contributed by atoms with Gasteiger partial charge in [0, 0.05) is 23.7 Å². The van der Waals surface area contributed by atoms with Crippen molar-refractivity contribution in [1.82, 2.24) is 15.2 Å². The number of hydrogen-bond acceptors (Lipinski definition) is 4. The van der Waals surface area contributed by atoms with E-state index in [0.717, 1.165) is 31.4 Å². The first-order chi connectivity index (χ1) is 13.8. The predicted molar refractivity (Wildman–Crippen MR) is 105 cm³/mol. The van der Waals surface area contributed by atoms with Gasteiger partial charge in [-0.1, -0.05) is 12.5 Å². The normalized spacial score (nSPS) is 17.5. The molecule has 0 spiro atoms. The SMILES string of the molecule is C[C@@H]1CCCCN1S(=O)(=O)c1cccc(C(=O)NNC(=O)c2ccc(F)cc2)c1. The second-order valence-corrected chi connectivity index (χ2v) is 8.79. The quantitative estimate of drug-likeness (QED) is 0.745. The van der Waals surface area contributed by atoms with Gasteiger partial charge in [-0.25, -0.2) is 12.8 Å². The minimum Gasteiger partial charge on any atom is -0.267 e. The molecule has 1 fully saturated rings. The third-order valence-corrected chi connectivity index (χ3v) is 6.85. The molecule has 2 aromatic carbocycles. The van der Waals surface area contributed by atoms with Crippen molar-refractivity contribution in [1.29, 1.82) is 0 Å². The number of sulfonamides is 1. The van der Waals surface area contributed by atoms with E-state index in [-0.39, 0.29) is 22.1 Å². The molecular weight excluding hydrogens is 397 g/mol. The summed E-state index contributed by atoms with van der Waals surface area (Å²) in [5, 5.41) is 0. The highest BCUT2D eigenvalue weighted by molar-refractivity contribution is 7.89. The summed E-state index contributed by atoms with van der Waals surface area (Å²) in [5.74, 6) is -1.76. The summed E-state index contributed by atoms with van der Waals surface area (Å²) in [4.78, 5) is 24.4. The van der Waals surface area contributed by atoms with Crippen LogP contribution in [0, 0.1) is 5.82 Å². The van der Waals surface area contributed by atoms with Crippen molar-refractivity contribution in [2.24, 2.45) is 0 Å². The number of piperidine rings is 1.